The van der Waals surface area contributed by atoms with Crippen LogP contribution in [-0.4, -0.2) is 8.90 Å². The summed E-state index contributed by atoms with van der Waals surface area (Å²) in [5.41, 5.74) is 9.34. The first-order chi connectivity index (χ1) is 25.8. The maximum absolute atomic E-state index is 7.27. The number of nitrogens with zero attached hydrogens (tertiary/aromatic N) is 3. The summed E-state index contributed by atoms with van der Waals surface area (Å²) in [4.78, 5) is 0. The van der Waals surface area contributed by atoms with E-state index in [4.69, 9.17) is 4.52 Å². The van der Waals surface area contributed by atoms with Crippen molar-refractivity contribution in [2.45, 2.75) is 0 Å². The molecule has 0 radical (unpaired) electrons. The minimum absolute atomic E-state index is 0.923. The number of hydrogen-bond donors (Lipinski definition) is 0. The molecule has 0 bridgehead atoms. The molecule has 0 N–H and O–H groups in total. The Balaban J connectivity index is 1.17. The molecule has 4 aromatic heterocycles. The van der Waals surface area contributed by atoms with Gasteiger partial charge in [-0.25, -0.2) is 0 Å². The van der Waals surface area contributed by atoms with E-state index in [1.54, 1.807) is 0 Å². The largest absolute Gasteiger partial charge is 0.441 e. The Morgan fingerprint density at radius 3 is 1.54 bits per heavy atom. The van der Waals surface area contributed by atoms with Crippen LogP contribution in [0.25, 0.3) is 93.3 Å². The fourth-order valence-corrected chi connectivity index (χ4v) is 10.5. The fourth-order valence-electron chi connectivity index (χ4n) is 8.81. The molecule has 0 aliphatic carbocycles. The van der Waals surface area contributed by atoms with Gasteiger partial charge in [0.1, 0.15) is 0 Å². The summed E-state index contributed by atoms with van der Waals surface area (Å²) >= 11 is 0. The first-order valence-electron chi connectivity index (χ1n) is 17.7. The summed E-state index contributed by atoms with van der Waals surface area (Å²) in [6.45, 7) is 0. The predicted octanol–water partition coefficient (Wildman–Crippen LogP) is 12.3. The molecule has 4 nitrogen and oxygen atoms in total. The van der Waals surface area contributed by atoms with Crippen LogP contribution in [0.4, 0.5) is 0 Å². The molecule has 0 saturated carbocycles. The zero-order valence-electron chi connectivity index (χ0n) is 27.9. The van der Waals surface area contributed by atoms with Crippen LogP contribution < -0.4 is 8.92 Å². The minimum atomic E-state index is -1.17. The molecule has 0 saturated heterocycles. The van der Waals surface area contributed by atoms with E-state index in [1.807, 2.05) is 0 Å². The minimum Gasteiger partial charge on any atom is -0.441 e. The van der Waals surface area contributed by atoms with Gasteiger partial charge in [0.2, 0.25) is 25.1 Å². The van der Waals surface area contributed by atoms with Crippen LogP contribution in [0.3, 0.4) is 0 Å². The molecule has 0 fully saturated rings. The van der Waals surface area contributed by atoms with Gasteiger partial charge in [-0.05, 0) is 48.5 Å². The van der Waals surface area contributed by atoms with E-state index >= 15 is 0 Å². The molecular formula is C47H29N3OP+. The molecule has 242 valence electrons. The Bertz CT molecular complexity index is 3250. The van der Waals surface area contributed by atoms with Gasteiger partial charge in [-0.1, -0.05) is 109 Å². The first kappa shape index (κ1) is 28.2. The van der Waals surface area contributed by atoms with Crippen molar-refractivity contribution in [1.82, 2.24) is 8.90 Å². The molecule has 0 amide bonds. The van der Waals surface area contributed by atoms with E-state index in [0.29, 0.717) is 0 Å². The number of hydrogen-bond acceptors (Lipinski definition) is 1. The molecular weight excluding hydrogens is 654 g/mol. The number of benzene rings is 7. The normalized spacial score (nSPS) is 14.4. The molecule has 5 heteroatoms. The van der Waals surface area contributed by atoms with Gasteiger partial charge in [0.25, 0.3) is 5.69 Å². The Morgan fingerprint density at radius 2 is 0.923 bits per heavy atom. The van der Waals surface area contributed by atoms with Crippen molar-refractivity contribution in [2.75, 3.05) is 0 Å². The van der Waals surface area contributed by atoms with Crippen LogP contribution in [0.1, 0.15) is 5.69 Å². The highest BCUT2D eigenvalue weighted by Gasteiger charge is 2.32. The molecule has 1 aliphatic rings. The van der Waals surface area contributed by atoms with Gasteiger partial charge in [0, 0.05) is 56.0 Å². The number of rotatable bonds is 2. The average Bonchev–Trinajstić information content (AvgIpc) is 3.73. The van der Waals surface area contributed by atoms with Crippen molar-refractivity contribution in [3.05, 3.63) is 175 Å². The van der Waals surface area contributed by atoms with Crippen LogP contribution in [-0.2, 0) is 0 Å². The third-order valence-corrected chi connectivity index (χ3v) is 12.6. The quantitative estimate of drug-likeness (QED) is 0.101. The van der Waals surface area contributed by atoms with Crippen molar-refractivity contribution < 1.29 is 8.92 Å². The highest BCUT2D eigenvalue weighted by molar-refractivity contribution is 7.55. The van der Waals surface area contributed by atoms with Gasteiger partial charge >= 0.3 is 0 Å². The smallest absolute Gasteiger partial charge is 0.255 e. The van der Waals surface area contributed by atoms with E-state index in [1.165, 1.54) is 70.7 Å². The lowest BCUT2D eigenvalue weighted by Gasteiger charge is -2.23. The SMILES string of the molecule is C1=CP(n2c3ccccc3c3ccccc32)Oc2c1[n+]1c3ccc(-n4c5ccccc5c5ccccc54)cc3c3ccccc3c1c1ccccc21. The van der Waals surface area contributed by atoms with Crippen LogP contribution in [0.15, 0.2) is 170 Å². The van der Waals surface area contributed by atoms with E-state index in [-0.39, 0.29) is 0 Å². The number of aromatic nitrogens is 3. The standard InChI is InChI=1S/C47H29N3OP/c1-2-18-36-31(13-1)39-29-30(48-40-21-9-5-14-32(40)33-15-6-10-22-41(33)48)25-26-42(39)49-45-27-28-52(51-47(45)38-20-4-3-19-37(38)46(36)49)50-43-23-11-7-16-34(43)35-17-8-12-24-44(35)50/h1-29H/q+1. The maximum Gasteiger partial charge on any atom is 0.255 e. The molecule has 12 rings (SSSR count). The van der Waals surface area contributed by atoms with Crippen LogP contribution >= 0.6 is 8.30 Å². The van der Waals surface area contributed by atoms with Crippen LogP contribution in [0.5, 0.6) is 5.75 Å². The summed E-state index contributed by atoms with van der Waals surface area (Å²) in [6.07, 6.45) is 2.31. The third kappa shape index (κ3) is 3.72. The van der Waals surface area contributed by atoms with Gasteiger partial charge in [-0.2, -0.15) is 0 Å². The van der Waals surface area contributed by atoms with E-state index in [0.717, 1.165) is 28.0 Å². The van der Waals surface area contributed by atoms with Crippen molar-refractivity contribution in [3.63, 3.8) is 0 Å². The number of pyridine rings is 2. The molecule has 7 aromatic carbocycles. The zero-order valence-corrected chi connectivity index (χ0v) is 28.8. The second-order valence-corrected chi connectivity index (χ2v) is 15.1. The third-order valence-electron chi connectivity index (χ3n) is 11.0. The maximum atomic E-state index is 7.27. The van der Waals surface area contributed by atoms with Crippen LogP contribution in [0.2, 0.25) is 0 Å². The lowest BCUT2D eigenvalue weighted by atomic mass is 9.99. The van der Waals surface area contributed by atoms with Gasteiger partial charge in [-0.3, -0.25) is 4.34 Å². The predicted molar refractivity (Wildman–Crippen MR) is 218 cm³/mol. The van der Waals surface area contributed by atoms with Gasteiger partial charge in [-0.15, -0.1) is 4.40 Å². The van der Waals surface area contributed by atoms with Crippen LogP contribution in [0, 0.1) is 0 Å². The highest BCUT2D eigenvalue weighted by atomic mass is 31.2. The zero-order chi connectivity index (χ0) is 33.9. The second kappa shape index (κ2) is 10.5. The van der Waals surface area contributed by atoms with E-state index < -0.39 is 8.30 Å². The van der Waals surface area contributed by atoms with E-state index in [2.05, 4.69) is 189 Å². The molecule has 1 unspecified atom stereocenters. The Labute approximate surface area is 299 Å². The highest BCUT2D eigenvalue weighted by Crippen LogP contribution is 2.53. The van der Waals surface area contributed by atoms with Crippen molar-refractivity contribution in [3.8, 4) is 11.4 Å². The summed E-state index contributed by atoms with van der Waals surface area (Å²) in [5, 5.41) is 11.0. The van der Waals surface area contributed by atoms with Gasteiger partial charge < -0.3 is 9.09 Å². The first-order valence-corrected chi connectivity index (χ1v) is 19.0. The molecule has 0 spiro atoms. The Hall–Kier alpha value is -6.48. The summed E-state index contributed by atoms with van der Waals surface area (Å²) in [5.74, 6) is 3.21. The van der Waals surface area contributed by atoms with Crippen molar-refractivity contribution in [1.29, 1.82) is 0 Å². The second-order valence-electron chi connectivity index (χ2n) is 13.6. The number of fused-ring (bicyclic) bond motifs is 17. The van der Waals surface area contributed by atoms with Crippen molar-refractivity contribution in [2.24, 2.45) is 0 Å². The molecule has 11 aromatic rings. The monoisotopic (exact) mass is 682 g/mol. The van der Waals surface area contributed by atoms with Gasteiger partial charge in [0.05, 0.1) is 38.2 Å². The summed E-state index contributed by atoms with van der Waals surface area (Å²) in [6, 6.07) is 59.4. The summed E-state index contributed by atoms with van der Waals surface area (Å²) < 4.78 is 14.5. The van der Waals surface area contributed by atoms with Crippen molar-refractivity contribution >= 4 is 96.0 Å². The molecule has 52 heavy (non-hydrogen) atoms. The molecule has 1 aliphatic heterocycles. The Morgan fingerprint density at radius 1 is 0.442 bits per heavy atom. The lowest BCUT2D eigenvalue weighted by Crippen LogP contribution is -2.29. The fraction of sp³-hybridized carbons (Fsp3) is 0. The molecule has 5 heterocycles. The number of para-hydroxylation sites is 4. The Kier molecular flexibility index (Phi) is 5.71. The summed E-state index contributed by atoms with van der Waals surface area (Å²) in [7, 11) is -1.17. The lowest BCUT2D eigenvalue weighted by molar-refractivity contribution is -0.482. The van der Waals surface area contributed by atoms with Gasteiger partial charge in [0.15, 0.2) is 0 Å². The van der Waals surface area contributed by atoms with E-state index in [9.17, 15) is 0 Å². The molecule has 1 atom stereocenters. The average molecular weight is 683 g/mol. The topological polar surface area (TPSA) is 23.2 Å².